The molecule has 0 saturated carbocycles. The highest BCUT2D eigenvalue weighted by Gasteiger charge is 2.27. The molecule has 2 aliphatic rings. The Hall–Kier alpha value is -3.26. The number of fused-ring (bicyclic) bond motifs is 1. The van der Waals surface area contributed by atoms with Gasteiger partial charge < -0.3 is 15.0 Å². The summed E-state index contributed by atoms with van der Waals surface area (Å²) in [7, 11) is 0. The minimum absolute atomic E-state index is 0.326. The van der Waals surface area contributed by atoms with E-state index in [-0.39, 0.29) is 17.5 Å². The van der Waals surface area contributed by atoms with Gasteiger partial charge in [-0.2, -0.15) is 5.10 Å². The van der Waals surface area contributed by atoms with Crippen LogP contribution in [0.15, 0.2) is 42.5 Å². The number of carbonyl (C=O) groups excluding carboxylic acids is 1. The highest BCUT2D eigenvalue weighted by molar-refractivity contribution is 6.04. The maximum atomic E-state index is 14.7. The summed E-state index contributed by atoms with van der Waals surface area (Å²) < 4.78 is 35.0. The van der Waals surface area contributed by atoms with Crippen molar-refractivity contribution in [2.24, 2.45) is 0 Å². The van der Waals surface area contributed by atoms with Crippen molar-refractivity contribution in [1.82, 2.24) is 9.78 Å². The van der Waals surface area contributed by atoms with Crippen LogP contribution in [0, 0.1) is 11.6 Å². The van der Waals surface area contributed by atoms with Crippen LogP contribution in [0.5, 0.6) is 0 Å². The number of ether oxygens (including phenoxy) is 1. The van der Waals surface area contributed by atoms with Gasteiger partial charge in [0.25, 0.3) is 5.91 Å². The van der Waals surface area contributed by atoms with E-state index in [9.17, 15) is 13.6 Å². The summed E-state index contributed by atoms with van der Waals surface area (Å²) in [5, 5.41) is 7.28. The lowest BCUT2D eigenvalue weighted by Crippen LogP contribution is -2.36. The number of hydrogen-bond acceptors (Lipinski definition) is 4. The Labute approximate surface area is 178 Å². The summed E-state index contributed by atoms with van der Waals surface area (Å²) in [6, 6.07) is 10.7. The van der Waals surface area contributed by atoms with Gasteiger partial charge in [-0.05, 0) is 61.7 Å². The fraction of sp³-hybridized carbons (Fsp3) is 0.304. The van der Waals surface area contributed by atoms with E-state index in [4.69, 9.17) is 4.74 Å². The fourth-order valence-corrected chi connectivity index (χ4v) is 4.25. The topological polar surface area (TPSA) is 59.4 Å². The first kappa shape index (κ1) is 19.7. The molecular formula is C23H22F2N4O2. The van der Waals surface area contributed by atoms with Crippen LogP contribution in [0.1, 0.15) is 28.2 Å². The number of morpholine rings is 1. The second-order valence-corrected chi connectivity index (χ2v) is 7.74. The Morgan fingerprint density at radius 2 is 1.81 bits per heavy atom. The largest absolute Gasteiger partial charge is 0.378 e. The first-order valence-electron chi connectivity index (χ1n) is 10.4. The standard InChI is InChI=1S/C23H22F2N4O2/c24-15-4-7-17(8-5-15)29-20-3-1-2-18(20)22(27-29)23(30)26-16-6-9-21(19(25)14-16)28-10-12-31-13-11-28/h4-9,14H,1-3,10-13H2,(H,26,30). The van der Waals surface area contributed by atoms with E-state index in [0.717, 1.165) is 30.5 Å². The molecule has 1 saturated heterocycles. The van der Waals surface area contributed by atoms with E-state index in [1.165, 1.54) is 18.2 Å². The lowest BCUT2D eigenvalue weighted by atomic mass is 10.2. The van der Waals surface area contributed by atoms with Crippen molar-refractivity contribution < 1.29 is 18.3 Å². The van der Waals surface area contributed by atoms with Crippen molar-refractivity contribution in [3.63, 3.8) is 0 Å². The van der Waals surface area contributed by atoms with Gasteiger partial charge in [-0.25, -0.2) is 13.5 Å². The predicted octanol–water partition coefficient (Wildman–Crippen LogP) is 3.73. The van der Waals surface area contributed by atoms with Crippen molar-refractivity contribution in [1.29, 1.82) is 0 Å². The Morgan fingerprint density at radius 1 is 1.03 bits per heavy atom. The Balaban J connectivity index is 1.39. The number of rotatable bonds is 4. The summed E-state index contributed by atoms with van der Waals surface area (Å²) in [6.07, 6.45) is 2.48. The number of amides is 1. The number of nitrogens with zero attached hydrogens (tertiary/aromatic N) is 3. The molecule has 2 aromatic carbocycles. The maximum Gasteiger partial charge on any atom is 0.276 e. The number of aromatic nitrogens is 2. The van der Waals surface area contributed by atoms with E-state index in [1.807, 2.05) is 4.90 Å². The van der Waals surface area contributed by atoms with Crippen LogP contribution in [0.3, 0.4) is 0 Å². The molecule has 0 bridgehead atoms. The van der Waals surface area contributed by atoms with Crippen molar-refractivity contribution in [2.45, 2.75) is 19.3 Å². The zero-order chi connectivity index (χ0) is 21.4. The lowest BCUT2D eigenvalue weighted by Gasteiger charge is -2.29. The van der Waals surface area contributed by atoms with Crippen molar-refractivity contribution in [2.75, 3.05) is 36.5 Å². The van der Waals surface area contributed by atoms with Crippen LogP contribution >= 0.6 is 0 Å². The number of anilines is 2. The highest BCUT2D eigenvalue weighted by atomic mass is 19.1. The van der Waals surface area contributed by atoms with Crippen LogP contribution in [-0.2, 0) is 17.6 Å². The van der Waals surface area contributed by atoms with Gasteiger partial charge in [0.05, 0.1) is 24.6 Å². The van der Waals surface area contributed by atoms with Gasteiger partial charge in [-0.15, -0.1) is 0 Å². The molecule has 0 radical (unpaired) electrons. The molecule has 0 spiro atoms. The average Bonchev–Trinajstić information content (AvgIpc) is 3.38. The third kappa shape index (κ3) is 3.79. The van der Waals surface area contributed by atoms with Gasteiger partial charge in [-0.1, -0.05) is 0 Å². The van der Waals surface area contributed by atoms with Gasteiger partial charge in [0.15, 0.2) is 5.69 Å². The molecule has 1 aliphatic heterocycles. The summed E-state index contributed by atoms with van der Waals surface area (Å²) >= 11 is 0. The summed E-state index contributed by atoms with van der Waals surface area (Å²) in [6.45, 7) is 2.41. The Bertz CT molecular complexity index is 1120. The lowest BCUT2D eigenvalue weighted by molar-refractivity contribution is 0.102. The first-order valence-corrected chi connectivity index (χ1v) is 10.4. The van der Waals surface area contributed by atoms with E-state index >= 15 is 0 Å². The normalized spacial score (nSPS) is 15.7. The number of hydrogen-bond donors (Lipinski definition) is 1. The molecule has 1 aromatic heterocycles. The zero-order valence-electron chi connectivity index (χ0n) is 16.9. The molecular weight excluding hydrogens is 402 g/mol. The van der Waals surface area contributed by atoms with Crippen LogP contribution in [0.2, 0.25) is 0 Å². The fourth-order valence-electron chi connectivity index (χ4n) is 4.25. The third-order valence-corrected chi connectivity index (χ3v) is 5.77. The van der Waals surface area contributed by atoms with E-state index in [1.54, 1.807) is 28.9 Å². The van der Waals surface area contributed by atoms with Gasteiger partial charge in [0.2, 0.25) is 0 Å². The van der Waals surface area contributed by atoms with E-state index < -0.39 is 0 Å². The molecule has 1 fully saturated rings. The molecule has 0 atom stereocenters. The molecule has 1 aliphatic carbocycles. The molecule has 160 valence electrons. The summed E-state index contributed by atoms with van der Waals surface area (Å²) in [5.41, 5.74) is 3.78. The zero-order valence-corrected chi connectivity index (χ0v) is 16.9. The number of benzene rings is 2. The van der Waals surface area contributed by atoms with Crippen LogP contribution < -0.4 is 10.2 Å². The van der Waals surface area contributed by atoms with Gasteiger partial charge in [-0.3, -0.25) is 4.79 Å². The number of carbonyl (C=O) groups is 1. The van der Waals surface area contributed by atoms with Crippen molar-refractivity contribution >= 4 is 17.3 Å². The van der Waals surface area contributed by atoms with E-state index in [2.05, 4.69) is 10.4 Å². The second kappa shape index (κ2) is 8.11. The van der Waals surface area contributed by atoms with E-state index in [0.29, 0.717) is 49.1 Å². The van der Waals surface area contributed by atoms with Crippen LogP contribution in [0.4, 0.5) is 20.2 Å². The van der Waals surface area contributed by atoms with Crippen LogP contribution in [-0.4, -0.2) is 42.0 Å². The molecule has 5 rings (SSSR count). The minimum atomic E-state index is -0.387. The second-order valence-electron chi connectivity index (χ2n) is 7.74. The smallest absolute Gasteiger partial charge is 0.276 e. The molecule has 6 nitrogen and oxygen atoms in total. The number of nitrogens with one attached hydrogen (secondary N) is 1. The molecule has 2 heterocycles. The van der Waals surface area contributed by atoms with Crippen LogP contribution in [0.25, 0.3) is 5.69 Å². The highest BCUT2D eigenvalue weighted by Crippen LogP contribution is 2.29. The Morgan fingerprint density at radius 3 is 2.55 bits per heavy atom. The minimum Gasteiger partial charge on any atom is -0.378 e. The predicted molar refractivity (Wildman–Crippen MR) is 113 cm³/mol. The number of halogens is 2. The molecule has 3 aromatic rings. The molecule has 1 N–H and O–H groups in total. The molecule has 1 amide bonds. The molecule has 31 heavy (non-hydrogen) atoms. The third-order valence-electron chi connectivity index (χ3n) is 5.77. The van der Waals surface area contributed by atoms with Crippen molar-refractivity contribution in [3.05, 3.63) is 71.1 Å². The monoisotopic (exact) mass is 424 g/mol. The molecule has 8 heteroatoms. The van der Waals surface area contributed by atoms with Gasteiger partial charge in [0, 0.05) is 30.0 Å². The van der Waals surface area contributed by atoms with Gasteiger partial charge in [0.1, 0.15) is 11.6 Å². The van der Waals surface area contributed by atoms with Crippen molar-refractivity contribution in [3.8, 4) is 5.69 Å². The summed E-state index contributed by atoms with van der Waals surface area (Å²) in [4.78, 5) is 14.9. The Kier molecular flexibility index (Phi) is 5.15. The molecule has 0 unspecified atom stereocenters. The maximum absolute atomic E-state index is 14.7. The van der Waals surface area contributed by atoms with Gasteiger partial charge >= 0.3 is 0 Å². The first-order chi connectivity index (χ1) is 15.1. The quantitative estimate of drug-likeness (QED) is 0.694. The SMILES string of the molecule is O=C(Nc1ccc(N2CCOCC2)c(F)c1)c1nn(-c2ccc(F)cc2)c2c1CCC2. The average molecular weight is 424 g/mol. The summed E-state index contributed by atoms with van der Waals surface area (Å²) in [5.74, 6) is -1.09.